The van der Waals surface area contributed by atoms with E-state index >= 15 is 0 Å². The first kappa shape index (κ1) is 22.4. The zero-order valence-corrected chi connectivity index (χ0v) is 19.5. The highest BCUT2D eigenvalue weighted by Gasteiger charge is 2.40. The Labute approximate surface area is 188 Å². The molecule has 2 aliphatic rings. The third kappa shape index (κ3) is 5.31. The van der Waals surface area contributed by atoms with E-state index in [1.807, 2.05) is 38.4 Å². The maximum absolute atomic E-state index is 12.6. The van der Waals surface area contributed by atoms with Gasteiger partial charge in [0.25, 0.3) is 0 Å². The van der Waals surface area contributed by atoms with Crippen LogP contribution in [0.2, 0.25) is 0 Å². The fourth-order valence-corrected chi connectivity index (χ4v) is 4.06. The molecule has 2 aromatic rings. The number of oxazole rings is 1. The number of alkyl carbamates (subject to hydrolysis) is 1. The van der Waals surface area contributed by atoms with E-state index in [0.717, 1.165) is 37.8 Å². The quantitative estimate of drug-likeness (QED) is 0.697. The average molecular weight is 444 g/mol. The zero-order chi connectivity index (χ0) is 23.1. The van der Waals surface area contributed by atoms with Crippen LogP contribution in [0.4, 0.5) is 10.6 Å². The monoisotopic (exact) mass is 443 g/mol. The number of carbonyl (C=O) groups is 2. The van der Waals surface area contributed by atoms with Gasteiger partial charge < -0.3 is 19.8 Å². The second kappa shape index (κ2) is 8.26. The second-order valence-corrected chi connectivity index (χ2v) is 10.3. The predicted octanol–water partition coefficient (Wildman–Crippen LogP) is 4.03. The van der Waals surface area contributed by atoms with Crippen LogP contribution in [-0.2, 0) is 21.5 Å². The van der Waals surface area contributed by atoms with Crippen molar-refractivity contribution in [3.63, 3.8) is 0 Å². The second-order valence-electron chi connectivity index (χ2n) is 10.3. The van der Waals surface area contributed by atoms with Crippen LogP contribution in [0.5, 0.6) is 0 Å². The summed E-state index contributed by atoms with van der Waals surface area (Å²) in [5, 5.41) is 10.7. The molecule has 0 saturated heterocycles. The molecule has 0 unspecified atom stereocenters. The first-order valence-corrected chi connectivity index (χ1v) is 11.3. The number of nitrogens with zero attached hydrogens (tertiary/aromatic N) is 3. The lowest BCUT2D eigenvalue weighted by Gasteiger charge is -2.22. The zero-order valence-electron chi connectivity index (χ0n) is 19.5. The van der Waals surface area contributed by atoms with Crippen LogP contribution in [0.15, 0.2) is 16.7 Å². The van der Waals surface area contributed by atoms with E-state index in [1.54, 1.807) is 13.1 Å². The first-order chi connectivity index (χ1) is 15.0. The van der Waals surface area contributed by atoms with Crippen molar-refractivity contribution in [3.05, 3.63) is 29.6 Å². The fourth-order valence-electron chi connectivity index (χ4n) is 4.06. The van der Waals surface area contributed by atoms with Gasteiger partial charge in [-0.15, -0.1) is 0 Å². The molecule has 2 atom stereocenters. The van der Waals surface area contributed by atoms with E-state index in [2.05, 4.69) is 15.6 Å². The van der Waals surface area contributed by atoms with Crippen molar-refractivity contribution in [2.75, 3.05) is 5.32 Å². The van der Waals surface area contributed by atoms with Gasteiger partial charge in [-0.2, -0.15) is 5.10 Å². The van der Waals surface area contributed by atoms with Gasteiger partial charge in [0.1, 0.15) is 24.1 Å². The van der Waals surface area contributed by atoms with Crippen molar-refractivity contribution in [2.45, 2.75) is 96.2 Å². The molecule has 0 aromatic carbocycles. The fraction of sp³-hybridized carbons (Fsp3) is 0.652. The van der Waals surface area contributed by atoms with Crippen molar-refractivity contribution < 1.29 is 18.7 Å². The lowest BCUT2D eigenvalue weighted by atomic mass is 10.0. The number of aryl methyl sites for hydroxylation is 1. The van der Waals surface area contributed by atoms with Crippen LogP contribution in [0.25, 0.3) is 0 Å². The average Bonchev–Trinajstić information content (AvgIpc) is 3.08. The van der Waals surface area contributed by atoms with E-state index in [1.165, 1.54) is 0 Å². The Morgan fingerprint density at radius 2 is 2.06 bits per heavy atom. The Morgan fingerprint density at radius 3 is 2.69 bits per heavy atom. The molecule has 2 heterocycles. The van der Waals surface area contributed by atoms with E-state index in [9.17, 15) is 9.59 Å². The Morgan fingerprint density at radius 1 is 1.31 bits per heavy atom. The highest BCUT2D eigenvalue weighted by molar-refractivity contribution is 5.91. The summed E-state index contributed by atoms with van der Waals surface area (Å²) in [6.07, 6.45) is 5.65. The summed E-state index contributed by atoms with van der Waals surface area (Å²) >= 11 is 0. The molecule has 0 bridgehead atoms. The third-order valence-electron chi connectivity index (χ3n) is 6.09. The number of carbonyl (C=O) groups excluding carboxylic acids is 2. The Balaban J connectivity index is 1.41. The molecule has 32 heavy (non-hydrogen) atoms. The van der Waals surface area contributed by atoms with Gasteiger partial charge in [0, 0.05) is 17.5 Å². The maximum atomic E-state index is 12.6. The summed E-state index contributed by atoms with van der Waals surface area (Å²) in [7, 11) is 0. The number of anilines is 1. The van der Waals surface area contributed by atoms with Crippen molar-refractivity contribution in [3.8, 4) is 0 Å². The van der Waals surface area contributed by atoms with Crippen LogP contribution >= 0.6 is 0 Å². The summed E-state index contributed by atoms with van der Waals surface area (Å²) in [5.74, 6) is 1.67. The van der Waals surface area contributed by atoms with Gasteiger partial charge in [0.2, 0.25) is 11.8 Å². The lowest BCUT2D eigenvalue weighted by Crippen LogP contribution is -2.36. The highest BCUT2D eigenvalue weighted by atomic mass is 16.6. The van der Waals surface area contributed by atoms with Gasteiger partial charge >= 0.3 is 6.09 Å². The van der Waals surface area contributed by atoms with Crippen LogP contribution in [0.1, 0.15) is 83.1 Å². The van der Waals surface area contributed by atoms with Crippen LogP contribution in [0.3, 0.4) is 0 Å². The van der Waals surface area contributed by atoms with Crippen molar-refractivity contribution >= 4 is 17.8 Å². The standard InChI is InChI=1S/C23H33N5O4/c1-14-13-24-20(31-14)12-19(29)25-18-11-17(27-28(18)22(2,3)4)15-6-7-16(10-15)32-21(30)26-23(5)8-9-23/h11,13,15-16H,6-10,12H2,1-5H3,(H,25,29)(H,26,30)/t15-,16+/m0/s1. The lowest BCUT2D eigenvalue weighted by molar-refractivity contribution is -0.115. The number of aromatic nitrogens is 3. The van der Waals surface area contributed by atoms with E-state index in [-0.39, 0.29) is 41.5 Å². The van der Waals surface area contributed by atoms with Crippen molar-refractivity contribution in [1.82, 2.24) is 20.1 Å². The van der Waals surface area contributed by atoms with E-state index in [0.29, 0.717) is 17.5 Å². The minimum atomic E-state index is -0.328. The van der Waals surface area contributed by atoms with Gasteiger partial charge in [-0.05, 0) is 66.7 Å². The molecule has 174 valence electrons. The third-order valence-corrected chi connectivity index (χ3v) is 6.09. The molecule has 0 aliphatic heterocycles. The minimum Gasteiger partial charge on any atom is -0.446 e. The topological polar surface area (TPSA) is 111 Å². The van der Waals surface area contributed by atoms with E-state index < -0.39 is 0 Å². The molecular weight excluding hydrogens is 410 g/mol. The van der Waals surface area contributed by atoms with Crippen molar-refractivity contribution in [2.24, 2.45) is 0 Å². The molecule has 2 fully saturated rings. The molecule has 4 rings (SSSR count). The Bertz CT molecular complexity index is 998. The number of amides is 2. The van der Waals surface area contributed by atoms with Gasteiger partial charge in [0.05, 0.1) is 17.4 Å². The summed E-state index contributed by atoms with van der Waals surface area (Å²) in [5.41, 5.74) is 0.509. The maximum Gasteiger partial charge on any atom is 0.407 e. The van der Waals surface area contributed by atoms with Gasteiger partial charge in [0.15, 0.2) is 0 Å². The Hall–Kier alpha value is -2.84. The molecule has 2 saturated carbocycles. The largest absolute Gasteiger partial charge is 0.446 e. The number of nitrogens with one attached hydrogen (secondary N) is 2. The molecule has 9 nitrogen and oxygen atoms in total. The molecule has 0 spiro atoms. The number of hydrogen-bond donors (Lipinski definition) is 2. The number of rotatable bonds is 6. The minimum absolute atomic E-state index is 0.0614. The van der Waals surface area contributed by atoms with Crippen LogP contribution in [0, 0.1) is 6.92 Å². The number of ether oxygens (including phenoxy) is 1. The molecule has 2 aromatic heterocycles. The summed E-state index contributed by atoms with van der Waals surface area (Å²) in [6, 6.07) is 1.93. The number of hydrogen-bond acceptors (Lipinski definition) is 6. The normalized spacial score (nSPS) is 21.9. The summed E-state index contributed by atoms with van der Waals surface area (Å²) in [6.45, 7) is 9.95. The highest BCUT2D eigenvalue weighted by Crippen LogP contribution is 2.38. The van der Waals surface area contributed by atoms with Crippen LogP contribution < -0.4 is 10.6 Å². The SMILES string of the molecule is Cc1cnc(CC(=O)Nc2cc([C@H]3CC[C@@H](OC(=O)NC4(C)CC4)C3)nn2C(C)(C)C)o1. The van der Waals surface area contributed by atoms with E-state index in [4.69, 9.17) is 14.3 Å². The van der Waals surface area contributed by atoms with Gasteiger partial charge in [-0.3, -0.25) is 4.79 Å². The van der Waals surface area contributed by atoms with Gasteiger partial charge in [-0.1, -0.05) is 0 Å². The molecule has 0 radical (unpaired) electrons. The molecule has 9 heteroatoms. The van der Waals surface area contributed by atoms with Crippen molar-refractivity contribution in [1.29, 1.82) is 0 Å². The smallest absolute Gasteiger partial charge is 0.407 e. The predicted molar refractivity (Wildman–Crippen MR) is 118 cm³/mol. The summed E-state index contributed by atoms with van der Waals surface area (Å²) < 4.78 is 12.9. The molecular formula is C23H33N5O4. The van der Waals surface area contributed by atoms with Crippen LogP contribution in [-0.4, -0.2) is 38.4 Å². The van der Waals surface area contributed by atoms with Gasteiger partial charge in [-0.25, -0.2) is 14.5 Å². The Kier molecular flexibility index (Phi) is 5.77. The first-order valence-electron chi connectivity index (χ1n) is 11.3. The molecule has 2 amide bonds. The molecule has 2 N–H and O–H groups in total. The summed E-state index contributed by atoms with van der Waals surface area (Å²) in [4.78, 5) is 28.8. The molecule has 2 aliphatic carbocycles.